The van der Waals surface area contributed by atoms with Gasteiger partial charge in [-0.2, -0.15) is 0 Å². The van der Waals surface area contributed by atoms with Crippen molar-refractivity contribution in [2.45, 2.75) is 72.3 Å². The van der Waals surface area contributed by atoms with Crippen molar-refractivity contribution in [1.82, 2.24) is 25.0 Å². The van der Waals surface area contributed by atoms with Crippen LogP contribution in [0.4, 0.5) is 0 Å². The summed E-state index contributed by atoms with van der Waals surface area (Å²) in [7, 11) is 0. The Hall–Kier alpha value is -0.860. The number of hydrogen-bond donors (Lipinski definition) is 1. The van der Waals surface area contributed by atoms with Crippen molar-refractivity contribution in [1.29, 1.82) is 0 Å². The molecule has 3 rings (SSSR count). The van der Waals surface area contributed by atoms with Gasteiger partial charge in [-0.1, -0.05) is 20.3 Å². The Morgan fingerprint density at radius 1 is 1.15 bits per heavy atom. The molecule has 6 nitrogen and oxygen atoms in total. The summed E-state index contributed by atoms with van der Waals surface area (Å²) in [5.41, 5.74) is 0. The van der Waals surface area contributed by atoms with E-state index in [4.69, 9.17) is 4.99 Å². The predicted molar refractivity (Wildman–Crippen MR) is 122 cm³/mol. The van der Waals surface area contributed by atoms with Gasteiger partial charge in [0, 0.05) is 45.6 Å². The van der Waals surface area contributed by atoms with Crippen LogP contribution in [-0.2, 0) is 19.4 Å². The Labute approximate surface area is 181 Å². The smallest absolute Gasteiger partial charge is 0.193 e. The first-order chi connectivity index (χ1) is 12.7. The lowest BCUT2D eigenvalue weighted by molar-refractivity contribution is 0.208. The van der Waals surface area contributed by atoms with Crippen molar-refractivity contribution in [3.8, 4) is 0 Å². The number of hydrogen-bond acceptors (Lipinski definition) is 3. The lowest BCUT2D eigenvalue weighted by atomic mass is 9.92. The van der Waals surface area contributed by atoms with E-state index in [1.54, 1.807) is 0 Å². The first-order valence-electron chi connectivity index (χ1n) is 10.6. The first kappa shape index (κ1) is 22.4. The Morgan fingerprint density at radius 3 is 2.67 bits per heavy atom. The fourth-order valence-corrected chi connectivity index (χ4v) is 4.41. The molecule has 2 atom stereocenters. The van der Waals surface area contributed by atoms with E-state index in [0.717, 1.165) is 75.6 Å². The van der Waals surface area contributed by atoms with Crippen molar-refractivity contribution >= 4 is 29.9 Å². The summed E-state index contributed by atoms with van der Waals surface area (Å²) in [5.74, 6) is 4.92. The Bertz CT molecular complexity index is 589. The molecule has 1 N–H and O–H groups in total. The van der Waals surface area contributed by atoms with Gasteiger partial charge in [0.25, 0.3) is 0 Å². The molecule has 0 aromatic carbocycles. The number of aryl methyl sites for hydroxylation is 2. The lowest BCUT2D eigenvalue weighted by Crippen LogP contribution is -2.48. The van der Waals surface area contributed by atoms with Gasteiger partial charge in [-0.25, -0.2) is 0 Å². The summed E-state index contributed by atoms with van der Waals surface area (Å²) in [6.07, 6.45) is 8.24. The number of nitrogens with one attached hydrogen (secondary N) is 1. The molecule has 1 aromatic rings. The Kier molecular flexibility index (Phi) is 9.32. The van der Waals surface area contributed by atoms with Crippen molar-refractivity contribution < 1.29 is 0 Å². The monoisotopic (exact) mass is 488 g/mol. The molecule has 1 fully saturated rings. The highest BCUT2D eigenvalue weighted by Gasteiger charge is 2.24. The van der Waals surface area contributed by atoms with Gasteiger partial charge < -0.3 is 14.8 Å². The highest BCUT2D eigenvalue weighted by atomic mass is 127. The second-order valence-electron chi connectivity index (χ2n) is 8.18. The number of guanidine groups is 1. The van der Waals surface area contributed by atoms with Crippen LogP contribution < -0.4 is 5.32 Å². The number of nitrogens with zero attached hydrogens (tertiary/aromatic N) is 5. The molecule has 0 bridgehead atoms. The average molecular weight is 488 g/mol. The SMILES string of the molecule is CCNC(=NCCCc1nnc2n1CCCCC2)N1CC(C)CC(C)C1.I. The molecule has 2 aliphatic rings. The molecule has 3 heterocycles. The summed E-state index contributed by atoms with van der Waals surface area (Å²) in [6.45, 7) is 12.0. The lowest BCUT2D eigenvalue weighted by Gasteiger charge is -2.37. The fraction of sp³-hybridized carbons (Fsp3) is 0.850. The van der Waals surface area contributed by atoms with Gasteiger partial charge in [-0.05, 0) is 44.4 Å². The molecule has 27 heavy (non-hydrogen) atoms. The van der Waals surface area contributed by atoms with E-state index < -0.39 is 0 Å². The number of fused-ring (bicyclic) bond motifs is 1. The number of likely N-dealkylation sites (tertiary alicyclic amines) is 1. The van der Waals surface area contributed by atoms with Crippen LogP contribution in [0.25, 0.3) is 0 Å². The van der Waals surface area contributed by atoms with E-state index in [1.165, 1.54) is 31.5 Å². The third-order valence-electron chi connectivity index (χ3n) is 5.51. The molecule has 7 heteroatoms. The van der Waals surface area contributed by atoms with Gasteiger partial charge in [-0.3, -0.25) is 4.99 Å². The number of aliphatic imine (C=N–C) groups is 1. The molecule has 1 aromatic heterocycles. The van der Waals surface area contributed by atoms with E-state index >= 15 is 0 Å². The van der Waals surface area contributed by atoms with Crippen molar-refractivity contribution in [2.24, 2.45) is 16.8 Å². The Balaban J connectivity index is 0.00000261. The first-order valence-corrected chi connectivity index (χ1v) is 10.6. The fourth-order valence-electron chi connectivity index (χ4n) is 4.41. The van der Waals surface area contributed by atoms with E-state index in [-0.39, 0.29) is 24.0 Å². The van der Waals surface area contributed by atoms with Crippen molar-refractivity contribution in [3.05, 3.63) is 11.6 Å². The maximum Gasteiger partial charge on any atom is 0.193 e. The summed E-state index contributed by atoms with van der Waals surface area (Å²) in [5, 5.41) is 12.3. The van der Waals surface area contributed by atoms with Crippen molar-refractivity contribution in [2.75, 3.05) is 26.2 Å². The third-order valence-corrected chi connectivity index (χ3v) is 5.51. The van der Waals surface area contributed by atoms with Crippen LogP contribution in [0, 0.1) is 11.8 Å². The van der Waals surface area contributed by atoms with E-state index in [2.05, 4.69) is 45.8 Å². The zero-order valence-electron chi connectivity index (χ0n) is 17.3. The minimum atomic E-state index is 0. The van der Waals surface area contributed by atoms with Gasteiger partial charge in [0.1, 0.15) is 11.6 Å². The van der Waals surface area contributed by atoms with Gasteiger partial charge in [-0.15, -0.1) is 34.2 Å². The molecule has 0 spiro atoms. The second-order valence-corrected chi connectivity index (χ2v) is 8.18. The number of rotatable bonds is 5. The number of piperidine rings is 1. The molecule has 2 unspecified atom stereocenters. The highest BCUT2D eigenvalue weighted by Crippen LogP contribution is 2.21. The predicted octanol–water partition coefficient (Wildman–Crippen LogP) is 3.50. The van der Waals surface area contributed by atoms with E-state index in [9.17, 15) is 0 Å². The number of halogens is 1. The topological polar surface area (TPSA) is 58.3 Å². The van der Waals surface area contributed by atoms with Crippen LogP contribution in [0.3, 0.4) is 0 Å². The zero-order valence-corrected chi connectivity index (χ0v) is 19.6. The molecule has 154 valence electrons. The van der Waals surface area contributed by atoms with E-state index in [1.807, 2.05) is 0 Å². The third kappa shape index (κ3) is 6.32. The molecule has 0 saturated carbocycles. The van der Waals surface area contributed by atoms with Crippen LogP contribution in [0.2, 0.25) is 0 Å². The highest BCUT2D eigenvalue weighted by molar-refractivity contribution is 14.0. The quantitative estimate of drug-likeness (QED) is 0.299. The molecule has 2 aliphatic heterocycles. The summed E-state index contributed by atoms with van der Waals surface area (Å²) in [6, 6.07) is 0. The van der Waals surface area contributed by atoms with Crippen LogP contribution in [0.15, 0.2) is 4.99 Å². The molecule has 0 aliphatic carbocycles. The molecular formula is C20H37IN6. The minimum Gasteiger partial charge on any atom is -0.357 e. The second kappa shape index (κ2) is 11.2. The van der Waals surface area contributed by atoms with Crippen LogP contribution in [-0.4, -0.2) is 51.8 Å². The van der Waals surface area contributed by atoms with Crippen molar-refractivity contribution in [3.63, 3.8) is 0 Å². The maximum absolute atomic E-state index is 4.91. The van der Waals surface area contributed by atoms with Gasteiger partial charge in [0.2, 0.25) is 0 Å². The van der Waals surface area contributed by atoms with Crippen LogP contribution in [0.1, 0.15) is 64.5 Å². The summed E-state index contributed by atoms with van der Waals surface area (Å²) in [4.78, 5) is 7.36. The van der Waals surface area contributed by atoms with Crippen LogP contribution >= 0.6 is 24.0 Å². The largest absolute Gasteiger partial charge is 0.357 e. The standard InChI is InChI=1S/C20H36N6.HI/c1-4-21-20(25-14-16(2)13-17(3)15-25)22-11-8-10-19-24-23-18-9-6-5-7-12-26(18)19;/h16-17H,4-15H2,1-3H3,(H,21,22);1H. The van der Waals surface area contributed by atoms with Crippen LogP contribution in [0.5, 0.6) is 0 Å². The number of aromatic nitrogens is 3. The normalized spacial score (nSPS) is 23.4. The molecule has 0 radical (unpaired) electrons. The van der Waals surface area contributed by atoms with Gasteiger partial charge in [0.15, 0.2) is 5.96 Å². The Morgan fingerprint density at radius 2 is 1.93 bits per heavy atom. The van der Waals surface area contributed by atoms with E-state index in [0.29, 0.717) is 0 Å². The molecule has 0 amide bonds. The average Bonchev–Trinajstić information content (AvgIpc) is 2.83. The molecular weight excluding hydrogens is 451 g/mol. The molecule has 1 saturated heterocycles. The zero-order chi connectivity index (χ0) is 18.4. The summed E-state index contributed by atoms with van der Waals surface area (Å²) < 4.78 is 2.36. The van der Waals surface area contributed by atoms with Gasteiger partial charge >= 0.3 is 0 Å². The van der Waals surface area contributed by atoms with Gasteiger partial charge in [0.05, 0.1) is 0 Å². The minimum absolute atomic E-state index is 0. The summed E-state index contributed by atoms with van der Waals surface area (Å²) >= 11 is 0. The maximum atomic E-state index is 4.91.